The van der Waals surface area contributed by atoms with E-state index in [0.29, 0.717) is 29.4 Å². The van der Waals surface area contributed by atoms with Gasteiger partial charge in [-0.1, -0.05) is 19.1 Å². The third-order valence-electron chi connectivity index (χ3n) is 3.89. The van der Waals surface area contributed by atoms with Gasteiger partial charge in [-0.25, -0.2) is 9.79 Å². The Hall–Kier alpha value is -3.28. The van der Waals surface area contributed by atoms with Crippen LogP contribution >= 0.6 is 0 Å². The zero-order chi connectivity index (χ0) is 19.2. The number of ether oxygens (including phenoxy) is 4. The number of aliphatic imine (C=N–C) groups is 1. The van der Waals surface area contributed by atoms with Crippen LogP contribution in [0.4, 0.5) is 0 Å². The van der Waals surface area contributed by atoms with Gasteiger partial charge in [-0.3, -0.25) is 0 Å². The summed E-state index contributed by atoms with van der Waals surface area (Å²) < 4.78 is 21.5. The van der Waals surface area contributed by atoms with Crippen molar-refractivity contribution in [2.45, 2.75) is 13.3 Å². The Labute approximate surface area is 158 Å². The fraction of sp³-hybridized carbons (Fsp3) is 0.238. The van der Waals surface area contributed by atoms with Crippen molar-refractivity contribution in [3.63, 3.8) is 0 Å². The molecule has 3 rings (SSSR count). The molecule has 1 aliphatic rings. The van der Waals surface area contributed by atoms with Crippen LogP contribution in [0.1, 0.15) is 24.5 Å². The second kappa shape index (κ2) is 8.40. The Kier molecular flexibility index (Phi) is 5.76. The van der Waals surface area contributed by atoms with Gasteiger partial charge < -0.3 is 18.9 Å². The maximum absolute atomic E-state index is 12.2. The molecule has 2 aromatic carbocycles. The summed E-state index contributed by atoms with van der Waals surface area (Å²) in [7, 11) is 3.17. The fourth-order valence-corrected chi connectivity index (χ4v) is 2.55. The number of hydrogen-bond donors (Lipinski definition) is 0. The highest BCUT2D eigenvalue weighted by Gasteiger charge is 2.24. The highest BCUT2D eigenvalue weighted by atomic mass is 16.6. The van der Waals surface area contributed by atoms with E-state index in [0.717, 1.165) is 12.0 Å². The topological polar surface area (TPSA) is 66.3 Å². The van der Waals surface area contributed by atoms with Crippen LogP contribution in [0.25, 0.3) is 6.08 Å². The molecule has 0 aromatic heterocycles. The van der Waals surface area contributed by atoms with Gasteiger partial charge in [-0.15, -0.1) is 0 Å². The Balaban J connectivity index is 1.89. The Morgan fingerprint density at radius 3 is 2.67 bits per heavy atom. The summed E-state index contributed by atoms with van der Waals surface area (Å²) in [6, 6.07) is 12.6. The molecular weight excluding hydrogens is 346 g/mol. The van der Waals surface area contributed by atoms with Crippen molar-refractivity contribution in [2.24, 2.45) is 4.99 Å². The molecule has 0 saturated heterocycles. The van der Waals surface area contributed by atoms with Crippen molar-refractivity contribution >= 4 is 17.9 Å². The minimum absolute atomic E-state index is 0.222. The third-order valence-corrected chi connectivity index (χ3v) is 3.89. The van der Waals surface area contributed by atoms with Gasteiger partial charge in [0.1, 0.15) is 5.75 Å². The van der Waals surface area contributed by atoms with Crippen LogP contribution in [0.15, 0.2) is 53.2 Å². The summed E-state index contributed by atoms with van der Waals surface area (Å²) in [5, 5.41) is 0. The van der Waals surface area contributed by atoms with Gasteiger partial charge in [0.05, 0.1) is 20.8 Å². The lowest BCUT2D eigenvalue weighted by molar-refractivity contribution is -0.129. The van der Waals surface area contributed by atoms with Gasteiger partial charge in [0, 0.05) is 5.56 Å². The van der Waals surface area contributed by atoms with E-state index >= 15 is 0 Å². The smallest absolute Gasteiger partial charge is 0.363 e. The maximum Gasteiger partial charge on any atom is 0.363 e. The van der Waals surface area contributed by atoms with E-state index in [2.05, 4.69) is 4.99 Å². The van der Waals surface area contributed by atoms with Crippen molar-refractivity contribution in [1.29, 1.82) is 0 Å². The quantitative estimate of drug-likeness (QED) is 0.549. The van der Waals surface area contributed by atoms with Gasteiger partial charge in [0.25, 0.3) is 0 Å². The van der Waals surface area contributed by atoms with E-state index in [1.54, 1.807) is 32.4 Å². The first-order valence-electron chi connectivity index (χ1n) is 8.62. The number of methoxy groups -OCH3 is 2. The number of rotatable bonds is 7. The van der Waals surface area contributed by atoms with Crippen LogP contribution in [0.5, 0.6) is 17.2 Å². The molecule has 140 valence electrons. The average molecular weight is 367 g/mol. The predicted molar refractivity (Wildman–Crippen MR) is 102 cm³/mol. The van der Waals surface area contributed by atoms with Crippen LogP contribution in [0, 0.1) is 0 Å². The van der Waals surface area contributed by atoms with E-state index in [4.69, 9.17) is 18.9 Å². The molecule has 0 fully saturated rings. The lowest BCUT2D eigenvalue weighted by Crippen LogP contribution is -2.05. The Bertz CT molecular complexity index is 901. The number of hydrogen-bond acceptors (Lipinski definition) is 6. The number of cyclic esters (lactones) is 1. The maximum atomic E-state index is 12.2. The van der Waals surface area contributed by atoms with Crippen molar-refractivity contribution < 1.29 is 23.7 Å². The number of esters is 1. The third kappa shape index (κ3) is 4.28. The molecule has 1 aliphatic heterocycles. The van der Waals surface area contributed by atoms with Crippen molar-refractivity contribution in [2.75, 3.05) is 20.8 Å². The van der Waals surface area contributed by atoms with E-state index in [1.807, 2.05) is 37.3 Å². The molecule has 6 heteroatoms. The second-order valence-electron chi connectivity index (χ2n) is 5.83. The minimum Gasteiger partial charge on any atom is -0.497 e. The molecule has 2 aromatic rings. The molecule has 27 heavy (non-hydrogen) atoms. The fourth-order valence-electron chi connectivity index (χ4n) is 2.55. The zero-order valence-corrected chi connectivity index (χ0v) is 15.5. The summed E-state index contributed by atoms with van der Waals surface area (Å²) >= 11 is 0. The molecule has 0 aliphatic carbocycles. The number of carbonyl (C=O) groups excluding carboxylic acids is 1. The van der Waals surface area contributed by atoms with Gasteiger partial charge in [-0.2, -0.15) is 0 Å². The van der Waals surface area contributed by atoms with E-state index in [9.17, 15) is 4.79 Å². The monoisotopic (exact) mass is 367 g/mol. The molecule has 0 unspecified atom stereocenters. The second-order valence-corrected chi connectivity index (χ2v) is 5.83. The average Bonchev–Trinajstić information content (AvgIpc) is 3.07. The first-order valence-corrected chi connectivity index (χ1v) is 8.62. The summed E-state index contributed by atoms with van der Waals surface area (Å²) in [6.45, 7) is 2.61. The van der Waals surface area contributed by atoms with Gasteiger partial charge >= 0.3 is 5.97 Å². The first kappa shape index (κ1) is 18.5. The predicted octanol–water partition coefficient (Wildman–Crippen LogP) is 3.84. The standard InChI is InChI=1S/C21H21NO5/c1-4-10-26-19-12-14(8-9-18(19)25-3)11-17-21(23)27-20(22-17)15-6-5-7-16(13-15)24-2/h5-9,11-13H,4,10H2,1-3H3. The van der Waals surface area contributed by atoms with Gasteiger partial charge in [-0.05, 0) is 48.4 Å². The lowest BCUT2D eigenvalue weighted by atomic mass is 10.1. The minimum atomic E-state index is -0.500. The number of benzene rings is 2. The summed E-state index contributed by atoms with van der Waals surface area (Å²) in [5.41, 5.74) is 1.66. The van der Waals surface area contributed by atoms with Crippen LogP contribution < -0.4 is 14.2 Å². The number of nitrogens with zero attached hydrogens (tertiary/aromatic N) is 1. The lowest BCUT2D eigenvalue weighted by Gasteiger charge is -2.10. The van der Waals surface area contributed by atoms with Crippen LogP contribution in [0.2, 0.25) is 0 Å². The molecule has 0 N–H and O–H groups in total. The van der Waals surface area contributed by atoms with Gasteiger partial charge in [0.2, 0.25) is 5.90 Å². The SMILES string of the molecule is CCCOc1cc(C=C2N=C(c3cccc(OC)c3)OC2=O)ccc1OC. The summed E-state index contributed by atoms with van der Waals surface area (Å²) in [6.07, 6.45) is 2.54. The van der Waals surface area contributed by atoms with Crippen LogP contribution in [-0.2, 0) is 9.53 Å². The van der Waals surface area contributed by atoms with Crippen molar-refractivity contribution in [3.8, 4) is 17.2 Å². The molecule has 1 heterocycles. The highest BCUT2D eigenvalue weighted by molar-refractivity contribution is 6.13. The number of carbonyl (C=O) groups is 1. The zero-order valence-electron chi connectivity index (χ0n) is 15.5. The molecule has 0 radical (unpaired) electrons. The van der Waals surface area contributed by atoms with Crippen LogP contribution in [0.3, 0.4) is 0 Å². The van der Waals surface area contributed by atoms with Crippen molar-refractivity contribution in [1.82, 2.24) is 0 Å². The molecule has 6 nitrogen and oxygen atoms in total. The molecule has 0 amide bonds. The molecule has 0 atom stereocenters. The van der Waals surface area contributed by atoms with E-state index in [1.165, 1.54) is 0 Å². The molecule has 0 saturated carbocycles. The summed E-state index contributed by atoms with van der Waals surface area (Å²) in [5.74, 6) is 1.68. The van der Waals surface area contributed by atoms with Crippen molar-refractivity contribution in [3.05, 3.63) is 59.3 Å². The van der Waals surface area contributed by atoms with Crippen LogP contribution in [-0.4, -0.2) is 32.7 Å². The molecule has 0 bridgehead atoms. The normalized spacial score (nSPS) is 14.7. The van der Waals surface area contributed by atoms with E-state index < -0.39 is 5.97 Å². The Morgan fingerprint density at radius 1 is 1.07 bits per heavy atom. The van der Waals surface area contributed by atoms with Gasteiger partial charge in [0.15, 0.2) is 17.2 Å². The molecular formula is C21H21NO5. The van der Waals surface area contributed by atoms with E-state index in [-0.39, 0.29) is 11.6 Å². The highest BCUT2D eigenvalue weighted by Crippen LogP contribution is 2.30. The molecule has 0 spiro atoms. The largest absolute Gasteiger partial charge is 0.497 e. The first-order chi connectivity index (χ1) is 13.1. The Morgan fingerprint density at radius 2 is 1.93 bits per heavy atom. The summed E-state index contributed by atoms with van der Waals surface area (Å²) in [4.78, 5) is 16.5.